The van der Waals surface area contributed by atoms with E-state index in [0.717, 1.165) is 23.7 Å². The van der Waals surface area contributed by atoms with Gasteiger partial charge in [0.05, 0.1) is 0 Å². The van der Waals surface area contributed by atoms with E-state index in [1.165, 1.54) is 5.56 Å². The van der Waals surface area contributed by atoms with Gasteiger partial charge in [0.1, 0.15) is 16.2 Å². The van der Waals surface area contributed by atoms with Gasteiger partial charge in [-0.05, 0) is 23.6 Å². The summed E-state index contributed by atoms with van der Waals surface area (Å²) < 4.78 is 6.56. The number of hydrogen-bond donors (Lipinski definition) is 1. The summed E-state index contributed by atoms with van der Waals surface area (Å²) in [7, 11) is 0. The SMILES string of the molecule is CC(C)c1cc(=S)nc(C2Cc3ccccc3O2)[nH]1. The van der Waals surface area contributed by atoms with Crippen molar-refractivity contribution in [3.63, 3.8) is 0 Å². The monoisotopic (exact) mass is 272 g/mol. The fourth-order valence-electron chi connectivity index (χ4n) is 2.29. The number of ether oxygens (including phenoxy) is 1. The van der Waals surface area contributed by atoms with E-state index in [0.29, 0.717) is 10.6 Å². The largest absolute Gasteiger partial charge is 0.482 e. The lowest BCUT2D eigenvalue weighted by Crippen LogP contribution is -2.10. The van der Waals surface area contributed by atoms with Crippen LogP contribution in [-0.2, 0) is 6.42 Å². The van der Waals surface area contributed by atoms with Crippen LogP contribution < -0.4 is 4.74 Å². The first-order valence-corrected chi connectivity index (χ1v) is 6.90. The Morgan fingerprint density at radius 1 is 1.37 bits per heavy atom. The van der Waals surface area contributed by atoms with Crippen molar-refractivity contribution in [1.29, 1.82) is 0 Å². The standard InChI is InChI=1S/C15H16N2OS/c1-9(2)11-8-14(19)17-15(16-11)13-7-10-5-3-4-6-12(10)18-13/h3-6,8-9,13H,7H2,1-2H3,(H,16,17,19). The van der Waals surface area contributed by atoms with Crippen LogP contribution in [0.1, 0.15) is 43.0 Å². The Kier molecular flexibility index (Phi) is 3.11. The van der Waals surface area contributed by atoms with Crippen molar-refractivity contribution < 1.29 is 4.74 Å². The molecule has 1 aliphatic heterocycles. The van der Waals surface area contributed by atoms with Crippen LogP contribution in [0.15, 0.2) is 30.3 Å². The van der Waals surface area contributed by atoms with Gasteiger partial charge in [-0.2, -0.15) is 0 Å². The highest BCUT2D eigenvalue weighted by molar-refractivity contribution is 7.71. The lowest BCUT2D eigenvalue weighted by Gasteiger charge is -2.13. The molecule has 0 radical (unpaired) electrons. The molecular weight excluding hydrogens is 256 g/mol. The third kappa shape index (κ3) is 2.40. The minimum absolute atomic E-state index is 0.0576. The van der Waals surface area contributed by atoms with E-state index in [-0.39, 0.29) is 6.10 Å². The van der Waals surface area contributed by atoms with E-state index >= 15 is 0 Å². The molecule has 3 nitrogen and oxygen atoms in total. The minimum Gasteiger partial charge on any atom is -0.482 e. The molecule has 1 unspecified atom stereocenters. The van der Waals surface area contributed by atoms with Gasteiger partial charge in [-0.3, -0.25) is 0 Å². The van der Waals surface area contributed by atoms with Crippen molar-refractivity contribution in [3.05, 3.63) is 52.1 Å². The summed E-state index contributed by atoms with van der Waals surface area (Å²) >= 11 is 5.24. The maximum atomic E-state index is 5.94. The quantitative estimate of drug-likeness (QED) is 0.841. The van der Waals surface area contributed by atoms with Crippen molar-refractivity contribution in [1.82, 2.24) is 9.97 Å². The first kappa shape index (κ1) is 12.4. The lowest BCUT2D eigenvalue weighted by atomic mass is 10.1. The van der Waals surface area contributed by atoms with Crippen LogP contribution >= 0.6 is 12.2 Å². The zero-order valence-electron chi connectivity index (χ0n) is 11.0. The van der Waals surface area contributed by atoms with Crippen molar-refractivity contribution in [2.45, 2.75) is 32.3 Å². The number of fused-ring (bicyclic) bond motifs is 1. The highest BCUT2D eigenvalue weighted by Gasteiger charge is 2.26. The van der Waals surface area contributed by atoms with Crippen LogP contribution in [0.2, 0.25) is 0 Å². The van der Waals surface area contributed by atoms with Gasteiger partial charge in [-0.25, -0.2) is 4.98 Å². The normalized spacial score (nSPS) is 17.3. The Hall–Kier alpha value is -1.68. The van der Waals surface area contributed by atoms with Crippen LogP contribution in [-0.4, -0.2) is 9.97 Å². The van der Waals surface area contributed by atoms with Crippen LogP contribution in [0, 0.1) is 4.64 Å². The highest BCUT2D eigenvalue weighted by atomic mass is 32.1. The van der Waals surface area contributed by atoms with Gasteiger partial charge in [0.25, 0.3) is 0 Å². The van der Waals surface area contributed by atoms with E-state index in [1.54, 1.807) is 0 Å². The summed E-state index contributed by atoms with van der Waals surface area (Å²) in [5, 5.41) is 0. The van der Waals surface area contributed by atoms with Gasteiger partial charge in [0.2, 0.25) is 0 Å². The summed E-state index contributed by atoms with van der Waals surface area (Å²) in [4.78, 5) is 7.77. The van der Waals surface area contributed by atoms with Gasteiger partial charge in [0, 0.05) is 12.1 Å². The first-order valence-electron chi connectivity index (χ1n) is 6.49. The number of benzene rings is 1. The summed E-state index contributed by atoms with van der Waals surface area (Å²) in [6.07, 6.45) is 0.786. The molecule has 0 spiro atoms. The van der Waals surface area contributed by atoms with E-state index < -0.39 is 0 Å². The van der Waals surface area contributed by atoms with Crippen LogP contribution in [0.3, 0.4) is 0 Å². The highest BCUT2D eigenvalue weighted by Crippen LogP contribution is 2.35. The maximum Gasteiger partial charge on any atom is 0.160 e. The lowest BCUT2D eigenvalue weighted by molar-refractivity contribution is 0.227. The van der Waals surface area contributed by atoms with Crippen LogP contribution in [0.5, 0.6) is 5.75 Å². The fourth-order valence-corrected chi connectivity index (χ4v) is 2.52. The number of nitrogens with zero attached hydrogens (tertiary/aromatic N) is 1. The van der Waals surface area contributed by atoms with Crippen LogP contribution in [0.4, 0.5) is 0 Å². The predicted octanol–water partition coefficient (Wildman–Crippen LogP) is 3.94. The molecular formula is C15H16N2OS. The Labute approximate surface area is 117 Å². The van der Waals surface area contributed by atoms with Crippen molar-refractivity contribution in [2.24, 2.45) is 0 Å². The average Bonchev–Trinajstić information content (AvgIpc) is 2.81. The van der Waals surface area contributed by atoms with Gasteiger partial charge in [-0.15, -0.1) is 0 Å². The number of para-hydroxylation sites is 1. The molecule has 1 aromatic carbocycles. The van der Waals surface area contributed by atoms with Gasteiger partial charge >= 0.3 is 0 Å². The molecule has 2 aromatic rings. The average molecular weight is 272 g/mol. The molecule has 0 saturated heterocycles. The summed E-state index contributed by atoms with van der Waals surface area (Å²) in [5.41, 5.74) is 2.33. The number of H-pyrrole nitrogens is 1. The second kappa shape index (κ2) is 4.78. The molecule has 3 rings (SSSR count). The molecule has 1 aromatic heterocycles. The molecule has 98 valence electrons. The van der Waals surface area contributed by atoms with Gasteiger partial charge in [0.15, 0.2) is 6.10 Å². The molecule has 0 amide bonds. The smallest absolute Gasteiger partial charge is 0.160 e. The Morgan fingerprint density at radius 3 is 2.89 bits per heavy atom. The second-order valence-corrected chi connectivity index (χ2v) is 5.55. The van der Waals surface area contributed by atoms with E-state index in [2.05, 4.69) is 29.9 Å². The Bertz CT molecular complexity index is 638. The Morgan fingerprint density at radius 2 is 2.16 bits per heavy atom. The zero-order valence-corrected chi connectivity index (χ0v) is 11.8. The number of aromatic nitrogens is 2. The maximum absolute atomic E-state index is 5.94. The molecule has 1 aliphatic rings. The molecule has 0 bridgehead atoms. The minimum atomic E-state index is -0.0576. The third-order valence-corrected chi connectivity index (χ3v) is 3.57. The van der Waals surface area contributed by atoms with Gasteiger partial charge in [-0.1, -0.05) is 44.3 Å². The Balaban J connectivity index is 1.95. The summed E-state index contributed by atoms with van der Waals surface area (Å²) in [6.45, 7) is 4.27. The second-order valence-electron chi connectivity index (χ2n) is 5.13. The molecule has 4 heteroatoms. The summed E-state index contributed by atoms with van der Waals surface area (Å²) in [5.74, 6) is 2.17. The van der Waals surface area contributed by atoms with Crippen molar-refractivity contribution in [2.75, 3.05) is 0 Å². The molecule has 0 fully saturated rings. The number of hydrogen-bond acceptors (Lipinski definition) is 3. The van der Waals surface area contributed by atoms with E-state index in [9.17, 15) is 0 Å². The number of aromatic amines is 1. The fraction of sp³-hybridized carbons (Fsp3) is 0.333. The van der Waals surface area contributed by atoms with E-state index in [4.69, 9.17) is 17.0 Å². The van der Waals surface area contributed by atoms with Crippen molar-refractivity contribution in [3.8, 4) is 5.75 Å². The summed E-state index contributed by atoms with van der Waals surface area (Å²) in [6, 6.07) is 10.0. The number of rotatable bonds is 2. The number of nitrogens with one attached hydrogen (secondary N) is 1. The first-order chi connectivity index (χ1) is 9.13. The molecule has 0 saturated carbocycles. The van der Waals surface area contributed by atoms with E-state index in [1.807, 2.05) is 24.3 Å². The molecule has 1 atom stereocenters. The third-order valence-electron chi connectivity index (χ3n) is 3.36. The molecule has 2 heterocycles. The van der Waals surface area contributed by atoms with Crippen LogP contribution in [0.25, 0.3) is 0 Å². The topological polar surface area (TPSA) is 37.9 Å². The zero-order chi connectivity index (χ0) is 13.4. The predicted molar refractivity (Wildman–Crippen MR) is 77.0 cm³/mol. The molecule has 1 N–H and O–H groups in total. The van der Waals surface area contributed by atoms with Gasteiger partial charge < -0.3 is 9.72 Å². The van der Waals surface area contributed by atoms with Crippen molar-refractivity contribution >= 4 is 12.2 Å². The molecule has 0 aliphatic carbocycles. The molecule has 19 heavy (non-hydrogen) atoms.